The van der Waals surface area contributed by atoms with Crippen molar-refractivity contribution in [3.8, 4) is 5.75 Å². The highest BCUT2D eigenvalue weighted by atomic mass is 32.2. The third-order valence-electron chi connectivity index (χ3n) is 2.96. The Hall–Kier alpha value is -1.44. The van der Waals surface area contributed by atoms with E-state index in [1.165, 1.54) is 0 Å². The van der Waals surface area contributed by atoms with Crippen LogP contribution in [0, 0.1) is 0 Å². The maximum absolute atomic E-state index is 10.1. The van der Waals surface area contributed by atoms with E-state index in [-0.39, 0.29) is 5.84 Å². The average molecular weight is 313 g/mol. The molecule has 0 aliphatic heterocycles. The van der Waals surface area contributed by atoms with Gasteiger partial charge in [-0.3, -0.25) is 0 Å². The van der Waals surface area contributed by atoms with E-state index in [0.29, 0.717) is 30.2 Å². The van der Waals surface area contributed by atoms with Gasteiger partial charge in [0.05, 0.1) is 12.7 Å². The third-order valence-corrected chi connectivity index (χ3v) is 3.87. The monoisotopic (exact) mass is 313 g/mol. The molecule has 1 rings (SSSR count). The van der Waals surface area contributed by atoms with Crippen molar-refractivity contribution < 1.29 is 15.1 Å². The van der Waals surface area contributed by atoms with Gasteiger partial charge in [-0.25, -0.2) is 0 Å². The predicted octanol–water partition coefficient (Wildman–Crippen LogP) is 0.993. The fourth-order valence-corrected chi connectivity index (χ4v) is 2.69. The third kappa shape index (κ3) is 5.45. The molecule has 0 bridgehead atoms. The Kier molecular flexibility index (Phi) is 6.80. The van der Waals surface area contributed by atoms with Gasteiger partial charge in [0.2, 0.25) is 0 Å². The summed E-state index contributed by atoms with van der Waals surface area (Å²) < 4.78 is 5.29. The summed E-state index contributed by atoms with van der Waals surface area (Å²) in [6, 6.07) is 5.29. The number of hydrogen-bond acceptors (Lipinski definition) is 6. The fourth-order valence-electron chi connectivity index (χ4n) is 1.96. The van der Waals surface area contributed by atoms with Gasteiger partial charge < -0.3 is 26.1 Å². The van der Waals surface area contributed by atoms with Crippen molar-refractivity contribution >= 4 is 17.6 Å². The minimum atomic E-state index is -0.768. The Morgan fingerprint density at radius 1 is 1.52 bits per heavy atom. The molecule has 0 aromatic heterocycles. The van der Waals surface area contributed by atoms with Crippen molar-refractivity contribution in [2.75, 3.05) is 25.7 Å². The van der Waals surface area contributed by atoms with Crippen molar-refractivity contribution in [3.63, 3.8) is 0 Å². The lowest BCUT2D eigenvalue weighted by Gasteiger charge is -2.23. The van der Waals surface area contributed by atoms with Crippen LogP contribution in [0.25, 0.3) is 0 Å². The number of nitrogens with two attached hydrogens (primary N) is 1. The molecule has 0 saturated carbocycles. The minimum absolute atomic E-state index is 0.0493. The van der Waals surface area contributed by atoms with Gasteiger partial charge in [-0.2, -0.15) is 11.8 Å². The number of hydrogen-bond donors (Lipinski definition) is 4. The van der Waals surface area contributed by atoms with E-state index in [2.05, 4.69) is 10.5 Å². The van der Waals surface area contributed by atoms with Crippen LogP contribution in [0.3, 0.4) is 0 Å². The van der Waals surface area contributed by atoms with Crippen LogP contribution in [0.2, 0.25) is 0 Å². The number of ether oxygens (including phenoxy) is 1. The largest absolute Gasteiger partial charge is 0.496 e. The van der Waals surface area contributed by atoms with Gasteiger partial charge >= 0.3 is 0 Å². The molecule has 1 aromatic carbocycles. The first-order valence-electron chi connectivity index (χ1n) is 6.50. The molecular weight excluding hydrogens is 290 g/mol. The molecule has 1 atom stereocenters. The zero-order chi connectivity index (χ0) is 15.9. The quantitative estimate of drug-likeness (QED) is 0.247. The van der Waals surface area contributed by atoms with E-state index in [0.717, 1.165) is 5.56 Å². The van der Waals surface area contributed by atoms with Gasteiger partial charge in [-0.1, -0.05) is 5.16 Å². The summed E-state index contributed by atoms with van der Waals surface area (Å²) in [5.41, 5.74) is 6.31. The van der Waals surface area contributed by atoms with E-state index in [1.54, 1.807) is 44.0 Å². The molecule has 1 aromatic rings. The zero-order valence-corrected chi connectivity index (χ0v) is 13.4. The predicted molar refractivity (Wildman–Crippen MR) is 86.2 cm³/mol. The second-order valence-corrected chi connectivity index (χ2v) is 5.91. The molecular formula is C14H23N3O3S. The van der Waals surface area contributed by atoms with Crippen LogP contribution in [0.1, 0.15) is 18.1 Å². The molecule has 0 fully saturated rings. The first-order valence-corrected chi connectivity index (χ1v) is 7.89. The van der Waals surface area contributed by atoms with Crippen molar-refractivity contribution in [1.82, 2.24) is 5.32 Å². The summed E-state index contributed by atoms with van der Waals surface area (Å²) in [6.07, 6.45) is 1.96. The highest BCUT2D eigenvalue weighted by molar-refractivity contribution is 7.98. The SMILES string of the molecule is COc1ccc(/C(N)=N/O)cc1CNCC(C)(O)CSC. The smallest absolute Gasteiger partial charge is 0.170 e. The summed E-state index contributed by atoms with van der Waals surface area (Å²) in [7, 11) is 1.59. The van der Waals surface area contributed by atoms with E-state index in [1.807, 2.05) is 6.26 Å². The Morgan fingerprint density at radius 2 is 2.24 bits per heavy atom. The number of methoxy groups -OCH3 is 1. The van der Waals surface area contributed by atoms with Crippen molar-refractivity contribution in [2.24, 2.45) is 10.9 Å². The van der Waals surface area contributed by atoms with Crippen LogP contribution in [0.4, 0.5) is 0 Å². The Bertz CT molecular complexity index is 492. The Labute approximate surface area is 129 Å². The van der Waals surface area contributed by atoms with Crippen molar-refractivity contribution in [3.05, 3.63) is 29.3 Å². The Balaban J connectivity index is 2.77. The van der Waals surface area contributed by atoms with E-state index in [9.17, 15) is 5.11 Å². The molecule has 0 aliphatic rings. The summed E-state index contributed by atoms with van der Waals surface area (Å²) in [5, 5.41) is 25.0. The van der Waals surface area contributed by atoms with Crippen LogP contribution in [0.5, 0.6) is 5.75 Å². The number of benzene rings is 1. The summed E-state index contributed by atoms with van der Waals surface area (Å²) in [6.45, 7) is 2.77. The van der Waals surface area contributed by atoms with Gasteiger partial charge in [-0.15, -0.1) is 0 Å². The molecule has 0 heterocycles. The van der Waals surface area contributed by atoms with Crippen molar-refractivity contribution in [1.29, 1.82) is 0 Å². The molecule has 6 nitrogen and oxygen atoms in total. The molecule has 0 amide bonds. The van der Waals surface area contributed by atoms with Gasteiger partial charge in [0, 0.05) is 30.0 Å². The molecule has 0 aliphatic carbocycles. The van der Waals surface area contributed by atoms with Gasteiger partial charge in [-0.05, 0) is 31.4 Å². The lowest BCUT2D eigenvalue weighted by Crippen LogP contribution is -2.39. The van der Waals surface area contributed by atoms with Crippen LogP contribution in [0.15, 0.2) is 23.4 Å². The van der Waals surface area contributed by atoms with Crippen LogP contribution in [-0.4, -0.2) is 47.4 Å². The van der Waals surface area contributed by atoms with Crippen LogP contribution < -0.4 is 15.8 Å². The number of aliphatic hydroxyl groups is 1. The highest BCUT2D eigenvalue weighted by Crippen LogP contribution is 2.20. The van der Waals surface area contributed by atoms with Crippen molar-refractivity contribution in [2.45, 2.75) is 19.1 Å². The zero-order valence-electron chi connectivity index (χ0n) is 12.6. The number of thioether (sulfide) groups is 1. The average Bonchev–Trinajstić information content (AvgIpc) is 2.46. The fraction of sp³-hybridized carbons (Fsp3) is 0.500. The van der Waals surface area contributed by atoms with E-state index in [4.69, 9.17) is 15.7 Å². The maximum Gasteiger partial charge on any atom is 0.170 e. The number of rotatable bonds is 8. The molecule has 5 N–H and O–H groups in total. The van der Waals surface area contributed by atoms with E-state index < -0.39 is 5.60 Å². The molecule has 118 valence electrons. The number of oxime groups is 1. The number of amidine groups is 1. The normalized spacial score (nSPS) is 14.8. The number of nitrogens with zero attached hydrogens (tertiary/aromatic N) is 1. The topological polar surface area (TPSA) is 100 Å². The lowest BCUT2D eigenvalue weighted by atomic mass is 10.1. The number of nitrogens with one attached hydrogen (secondary N) is 1. The van der Waals surface area contributed by atoms with Crippen LogP contribution >= 0.6 is 11.8 Å². The molecule has 0 saturated heterocycles. The standard InChI is InChI=1S/C14H23N3O3S/c1-14(18,9-21-3)8-16-7-11-6-10(13(15)17-19)4-5-12(11)20-2/h4-6,16,18-19H,7-9H2,1-3H3,(H2,15,17). The molecule has 21 heavy (non-hydrogen) atoms. The summed E-state index contributed by atoms with van der Waals surface area (Å²) in [5.74, 6) is 1.41. The van der Waals surface area contributed by atoms with Gasteiger partial charge in [0.25, 0.3) is 0 Å². The second-order valence-electron chi connectivity index (χ2n) is 5.05. The van der Waals surface area contributed by atoms with Gasteiger partial charge in [0.15, 0.2) is 5.84 Å². The molecule has 0 spiro atoms. The lowest BCUT2D eigenvalue weighted by molar-refractivity contribution is 0.0845. The molecule has 7 heteroatoms. The van der Waals surface area contributed by atoms with E-state index >= 15 is 0 Å². The second kappa shape index (κ2) is 8.11. The summed E-state index contributed by atoms with van der Waals surface area (Å²) in [4.78, 5) is 0. The maximum atomic E-state index is 10.1. The molecule has 0 radical (unpaired) electrons. The first kappa shape index (κ1) is 17.6. The highest BCUT2D eigenvalue weighted by Gasteiger charge is 2.19. The van der Waals surface area contributed by atoms with Gasteiger partial charge in [0.1, 0.15) is 5.75 Å². The van der Waals surface area contributed by atoms with Crippen LogP contribution in [-0.2, 0) is 6.54 Å². The molecule has 1 unspecified atom stereocenters. The Morgan fingerprint density at radius 3 is 2.81 bits per heavy atom. The summed E-state index contributed by atoms with van der Waals surface area (Å²) >= 11 is 1.60. The first-order chi connectivity index (χ1) is 9.93. The minimum Gasteiger partial charge on any atom is -0.496 e.